The number of likely N-dealkylation sites (N-methyl/N-ethyl adjacent to an activating group) is 1. The van der Waals surface area contributed by atoms with Crippen molar-refractivity contribution in [1.29, 1.82) is 0 Å². The minimum atomic E-state index is -0.358. The summed E-state index contributed by atoms with van der Waals surface area (Å²) in [6.07, 6.45) is 1.69. The van der Waals surface area contributed by atoms with Gasteiger partial charge in [-0.1, -0.05) is 43.7 Å². The first-order valence-corrected chi connectivity index (χ1v) is 6.27. The fourth-order valence-corrected chi connectivity index (χ4v) is 1.82. The van der Waals surface area contributed by atoms with Gasteiger partial charge < -0.3 is 10.6 Å². The van der Waals surface area contributed by atoms with Crippen molar-refractivity contribution >= 4 is 5.91 Å². The van der Waals surface area contributed by atoms with Crippen LogP contribution < -0.4 is 5.73 Å². The lowest BCUT2D eigenvalue weighted by Gasteiger charge is -2.24. The van der Waals surface area contributed by atoms with Crippen molar-refractivity contribution < 1.29 is 4.79 Å². The van der Waals surface area contributed by atoms with Crippen LogP contribution >= 0.6 is 0 Å². The molecule has 1 rings (SSSR count). The van der Waals surface area contributed by atoms with Crippen LogP contribution in [0.15, 0.2) is 30.3 Å². The zero-order valence-corrected chi connectivity index (χ0v) is 10.7. The Morgan fingerprint density at radius 3 is 2.47 bits per heavy atom. The summed E-state index contributed by atoms with van der Waals surface area (Å²) in [5, 5.41) is 0. The van der Waals surface area contributed by atoms with Gasteiger partial charge in [0.15, 0.2) is 0 Å². The average molecular weight is 234 g/mol. The topological polar surface area (TPSA) is 46.3 Å². The van der Waals surface area contributed by atoms with E-state index in [4.69, 9.17) is 5.73 Å². The quantitative estimate of drug-likeness (QED) is 0.820. The Labute approximate surface area is 104 Å². The molecule has 0 heterocycles. The highest BCUT2D eigenvalue weighted by atomic mass is 16.2. The molecule has 3 nitrogen and oxygen atoms in total. The van der Waals surface area contributed by atoms with Gasteiger partial charge in [-0.2, -0.15) is 0 Å². The highest BCUT2D eigenvalue weighted by Crippen LogP contribution is 2.07. The minimum Gasteiger partial charge on any atom is -0.337 e. The van der Waals surface area contributed by atoms with Crippen LogP contribution in [0.25, 0.3) is 0 Å². The van der Waals surface area contributed by atoms with Crippen molar-refractivity contribution in [1.82, 2.24) is 4.90 Å². The third kappa shape index (κ3) is 4.19. The van der Waals surface area contributed by atoms with Gasteiger partial charge in [0.25, 0.3) is 0 Å². The predicted molar refractivity (Wildman–Crippen MR) is 70.4 cm³/mol. The van der Waals surface area contributed by atoms with E-state index >= 15 is 0 Å². The van der Waals surface area contributed by atoms with Gasteiger partial charge in [-0.3, -0.25) is 4.79 Å². The number of carbonyl (C=O) groups is 1. The van der Waals surface area contributed by atoms with Gasteiger partial charge in [0.05, 0.1) is 6.04 Å². The largest absolute Gasteiger partial charge is 0.337 e. The van der Waals surface area contributed by atoms with E-state index < -0.39 is 0 Å². The Morgan fingerprint density at radius 1 is 1.29 bits per heavy atom. The molecule has 2 N–H and O–H groups in total. The number of amides is 1. The van der Waals surface area contributed by atoms with Crippen molar-refractivity contribution in [3.63, 3.8) is 0 Å². The minimum absolute atomic E-state index is 0.0539. The molecule has 0 saturated carbocycles. The van der Waals surface area contributed by atoms with Crippen LogP contribution in [0.3, 0.4) is 0 Å². The Kier molecular flexibility index (Phi) is 5.70. The second-order valence-corrected chi connectivity index (χ2v) is 4.23. The third-order valence-corrected chi connectivity index (χ3v) is 2.83. The Morgan fingerprint density at radius 2 is 1.94 bits per heavy atom. The number of hydrogen-bond donors (Lipinski definition) is 1. The second-order valence-electron chi connectivity index (χ2n) is 4.23. The maximum Gasteiger partial charge on any atom is 0.239 e. The summed E-state index contributed by atoms with van der Waals surface area (Å²) in [7, 11) is 0. The van der Waals surface area contributed by atoms with E-state index in [0.717, 1.165) is 18.4 Å². The van der Waals surface area contributed by atoms with E-state index in [-0.39, 0.29) is 11.9 Å². The summed E-state index contributed by atoms with van der Waals surface area (Å²) < 4.78 is 0. The highest BCUT2D eigenvalue weighted by Gasteiger charge is 2.18. The molecule has 1 aromatic rings. The summed E-state index contributed by atoms with van der Waals surface area (Å²) in [6, 6.07) is 9.65. The molecule has 0 radical (unpaired) electrons. The molecule has 1 aromatic carbocycles. The summed E-state index contributed by atoms with van der Waals surface area (Å²) >= 11 is 0. The fourth-order valence-electron chi connectivity index (χ4n) is 1.82. The summed E-state index contributed by atoms with van der Waals surface area (Å²) in [5.41, 5.74) is 7.01. The van der Waals surface area contributed by atoms with Crippen molar-refractivity contribution in [2.45, 2.75) is 39.3 Å². The first kappa shape index (κ1) is 13.7. The van der Waals surface area contributed by atoms with Gasteiger partial charge >= 0.3 is 0 Å². The average Bonchev–Trinajstić information content (AvgIpc) is 2.36. The van der Waals surface area contributed by atoms with Crippen molar-refractivity contribution in [2.24, 2.45) is 5.73 Å². The van der Waals surface area contributed by atoms with Crippen LogP contribution in [-0.4, -0.2) is 23.4 Å². The van der Waals surface area contributed by atoms with Crippen LogP contribution in [0.5, 0.6) is 0 Å². The van der Waals surface area contributed by atoms with Gasteiger partial charge in [0, 0.05) is 13.1 Å². The van der Waals surface area contributed by atoms with Gasteiger partial charge in [-0.15, -0.1) is 0 Å². The van der Waals surface area contributed by atoms with Crippen LogP contribution in [0.1, 0.15) is 32.3 Å². The van der Waals surface area contributed by atoms with Crippen LogP contribution in [0.4, 0.5) is 0 Å². The number of nitrogens with two attached hydrogens (primary N) is 1. The van der Waals surface area contributed by atoms with Crippen molar-refractivity contribution in [2.75, 3.05) is 6.54 Å². The van der Waals surface area contributed by atoms with E-state index in [1.54, 1.807) is 0 Å². The highest BCUT2D eigenvalue weighted by molar-refractivity contribution is 5.81. The Bertz CT molecular complexity index is 337. The smallest absolute Gasteiger partial charge is 0.239 e. The summed E-state index contributed by atoms with van der Waals surface area (Å²) in [4.78, 5) is 13.9. The Balaban J connectivity index is 2.62. The van der Waals surface area contributed by atoms with Crippen LogP contribution in [0, 0.1) is 0 Å². The van der Waals surface area contributed by atoms with Gasteiger partial charge in [0.2, 0.25) is 5.91 Å². The molecule has 0 aliphatic rings. The van der Waals surface area contributed by atoms with E-state index in [1.807, 2.05) is 49.1 Å². The molecule has 0 aliphatic carbocycles. The molecule has 0 saturated heterocycles. The molecule has 0 fully saturated rings. The molecule has 17 heavy (non-hydrogen) atoms. The second kappa shape index (κ2) is 7.07. The zero-order valence-electron chi connectivity index (χ0n) is 10.7. The number of benzene rings is 1. The lowest BCUT2D eigenvalue weighted by atomic mass is 10.1. The molecule has 1 amide bonds. The number of hydrogen-bond acceptors (Lipinski definition) is 2. The molecule has 0 bridgehead atoms. The van der Waals surface area contributed by atoms with Gasteiger partial charge in [-0.25, -0.2) is 0 Å². The molecule has 1 atom stereocenters. The van der Waals surface area contributed by atoms with Crippen molar-refractivity contribution in [3.05, 3.63) is 35.9 Å². The maximum atomic E-state index is 12.1. The molecule has 94 valence electrons. The maximum absolute atomic E-state index is 12.1. The molecule has 0 unspecified atom stereocenters. The zero-order chi connectivity index (χ0) is 12.7. The van der Waals surface area contributed by atoms with Crippen LogP contribution in [0.2, 0.25) is 0 Å². The lowest BCUT2D eigenvalue weighted by Crippen LogP contribution is -2.43. The summed E-state index contributed by atoms with van der Waals surface area (Å²) in [5.74, 6) is 0.0539. The molecular weight excluding hydrogens is 212 g/mol. The molecule has 0 aromatic heterocycles. The molecule has 0 spiro atoms. The number of rotatable bonds is 6. The molecule has 3 heteroatoms. The normalized spacial score (nSPS) is 12.2. The predicted octanol–water partition coefficient (Wildman–Crippen LogP) is 2.16. The first-order valence-electron chi connectivity index (χ1n) is 6.27. The SMILES string of the molecule is CCC[C@H](N)C(=O)N(CC)Cc1ccccc1. The Hall–Kier alpha value is -1.35. The fraction of sp³-hybridized carbons (Fsp3) is 0.500. The molecular formula is C14H22N2O. The van der Waals surface area contributed by atoms with Crippen molar-refractivity contribution in [3.8, 4) is 0 Å². The van der Waals surface area contributed by atoms with E-state index in [1.165, 1.54) is 0 Å². The summed E-state index contributed by atoms with van der Waals surface area (Å²) in [6.45, 7) is 5.37. The van der Waals surface area contributed by atoms with Crippen LogP contribution in [-0.2, 0) is 11.3 Å². The number of carbonyl (C=O) groups excluding carboxylic acids is 1. The monoisotopic (exact) mass is 234 g/mol. The number of nitrogens with zero attached hydrogens (tertiary/aromatic N) is 1. The van der Waals surface area contributed by atoms with E-state index in [2.05, 4.69) is 0 Å². The van der Waals surface area contributed by atoms with Gasteiger partial charge in [-0.05, 0) is 18.9 Å². The first-order chi connectivity index (χ1) is 8.19. The standard InChI is InChI=1S/C14H22N2O/c1-3-8-13(15)14(17)16(4-2)11-12-9-6-5-7-10-12/h5-7,9-10,13H,3-4,8,11,15H2,1-2H3/t13-/m0/s1. The van der Waals surface area contributed by atoms with E-state index in [0.29, 0.717) is 13.1 Å². The van der Waals surface area contributed by atoms with E-state index in [9.17, 15) is 4.79 Å². The third-order valence-electron chi connectivity index (χ3n) is 2.83. The van der Waals surface area contributed by atoms with Gasteiger partial charge in [0.1, 0.15) is 0 Å². The lowest BCUT2D eigenvalue weighted by molar-refractivity contribution is -0.133. The molecule has 0 aliphatic heterocycles.